The molecule has 0 aromatic heterocycles. The van der Waals surface area contributed by atoms with Gasteiger partial charge in [-0.25, -0.2) is 4.90 Å². The maximum Gasteiger partial charge on any atom is 0.238 e. The molecule has 2 saturated carbocycles. The molecule has 0 N–H and O–H groups in total. The van der Waals surface area contributed by atoms with Crippen LogP contribution in [0.3, 0.4) is 0 Å². The number of nitrogens with zero attached hydrogens (tertiary/aromatic N) is 1. The first-order chi connectivity index (χ1) is 12.5. The molecule has 0 radical (unpaired) electrons. The Morgan fingerprint density at radius 2 is 1.50 bits per heavy atom. The molecule has 132 valence electrons. The van der Waals surface area contributed by atoms with Gasteiger partial charge in [-0.05, 0) is 56.0 Å². The van der Waals surface area contributed by atoms with Crippen LogP contribution in [0.5, 0.6) is 0 Å². The molecule has 1 heterocycles. The molecule has 1 aliphatic heterocycles. The quantitative estimate of drug-likeness (QED) is 0.486. The van der Waals surface area contributed by atoms with E-state index in [1.807, 2.05) is 36.4 Å². The average Bonchev–Trinajstić information content (AvgIpc) is 3.27. The van der Waals surface area contributed by atoms with Crippen molar-refractivity contribution < 1.29 is 9.59 Å². The first-order valence-electron chi connectivity index (χ1n) is 9.23. The van der Waals surface area contributed by atoms with Crippen molar-refractivity contribution in [3.05, 3.63) is 52.0 Å². The first-order valence-corrected chi connectivity index (χ1v) is 10.0. The Morgan fingerprint density at radius 1 is 0.923 bits per heavy atom. The van der Waals surface area contributed by atoms with Crippen molar-refractivity contribution in [3.8, 4) is 0 Å². The van der Waals surface area contributed by atoms with Crippen molar-refractivity contribution >= 4 is 44.2 Å². The number of halogens is 1. The molecule has 4 atom stereocenters. The molecule has 26 heavy (non-hydrogen) atoms. The highest BCUT2D eigenvalue weighted by Crippen LogP contribution is 2.60. The average molecular weight is 410 g/mol. The highest BCUT2D eigenvalue weighted by Gasteiger charge is 2.63. The lowest BCUT2D eigenvalue weighted by atomic mass is 9.81. The summed E-state index contributed by atoms with van der Waals surface area (Å²) in [5.41, 5.74) is 3.42. The maximum atomic E-state index is 13.4. The molecule has 2 aromatic rings. The van der Waals surface area contributed by atoms with Gasteiger partial charge in [-0.1, -0.05) is 51.3 Å². The minimum atomic E-state index is -0.159. The number of anilines is 1. The van der Waals surface area contributed by atoms with Crippen LogP contribution in [0, 0.1) is 23.7 Å². The van der Waals surface area contributed by atoms with Gasteiger partial charge in [0.2, 0.25) is 11.8 Å². The topological polar surface area (TPSA) is 37.4 Å². The largest absolute Gasteiger partial charge is 0.274 e. The van der Waals surface area contributed by atoms with Crippen molar-refractivity contribution in [2.24, 2.45) is 23.7 Å². The fourth-order valence-corrected chi connectivity index (χ4v) is 6.15. The van der Waals surface area contributed by atoms with E-state index in [2.05, 4.69) is 29.8 Å². The summed E-state index contributed by atoms with van der Waals surface area (Å²) in [5.74, 6) is 0.204. The molecule has 3 nitrogen and oxygen atoms in total. The molecule has 2 aliphatic carbocycles. The second-order valence-corrected chi connectivity index (χ2v) is 8.78. The van der Waals surface area contributed by atoms with E-state index in [4.69, 9.17) is 0 Å². The van der Waals surface area contributed by atoms with Crippen LogP contribution < -0.4 is 4.90 Å². The second kappa shape index (κ2) is 5.53. The third kappa shape index (κ3) is 1.94. The van der Waals surface area contributed by atoms with Gasteiger partial charge in [0.05, 0.1) is 17.5 Å². The van der Waals surface area contributed by atoms with Gasteiger partial charge < -0.3 is 0 Å². The van der Waals surface area contributed by atoms with Gasteiger partial charge in [-0.3, -0.25) is 9.59 Å². The number of benzene rings is 2. The summed E-state index contributed by atoms with van der Waals surface area (Å²) in [7, 11) is 0. The van der Waals surface area contributed by atoms with E-state index >= 15 is 0 Å². The lowest BCUT2D eigenvalue weighted by Crippen LogP contribution is -2.33. The first kappa shape index (κ1) is 16.2. The van der Waals surface area contributed by atoms with Crippen LogP contribution in [-0.4, -0.2) is 11.8 Å². The molecule has 4 heteroatoms. The van der Waals surface area contributed by atoms with E-state index < -0.39 is 0 Å². The molecular weight excluding hydrogens is 390 g/mol. The van der Waals surface area contributed by atoms with Crippen LogP contribution in [0.1, 0.15) is 26.7 Å². The van der Waals surface area contributed by atoms with Gasteiger partial charge >= 0.3 is 0 Å². The highest BCUT2D eigenvalue weighted by molar-refractivity contribution is 9.10. The van der Waals surface area contributed by atoms with Crippen molar-refractivity contribution in [2.45, 2.75) is 26.7 Å². The second-order valence-electron chi connectivity index (χ2n) is 7.92. The summed E-state index contributed by atoms with van der Waals surface area (Å²) in [6.45, 7) is 4.24. The molecule has 1 saturated heterocycles. The molecule has 3 fully saturated rings. The number of rotatable bonds is 1. The smallest absolute Gasteiger partial charge is 0.238 e. The van der Waals surface area contributed by atoms with E-state index in [1.54, 1.807) is 0 Å². The predicted molar refractivity (Wildman–Crippen MR) is 106 cm³/mol. The van der Waals surface area contributed by atoms with E-state index in [1.165, 1.54) is 16.0 Å². The summed E-state index contributed by atoms with van der Waals surface area (Å²) in [5, 5.41) is 1.97. The van der Waals surface area contributed by atoms with Crippen molar-refractivity contribution in [3.63, 3.8) is 0 Å². The lowest BCUT2D eigenvalue weighted by molar-refractivity contribution is -0.122. The minimum absolute atomic E-state index is 0.00146. The van der Waals surface area contributed by atoms with Gasteiger partial charge in [0.15, 0.2) is 0 Å². The number of amides is 2. The Labute approximate surface area is 161 Å². The number of hydrogen-bond acceptors (Lipinski definition) is 2. The molecule has 2 aromatic carbocycles. The molecule has 2 amide bonds. The van der Waals surface area contributed by atoms with Crippen molar-refractivity contribution in [1.82, 2.24) is 0 Å². The third-order valence-electron chi connectivity index (χ3n) is 6.52. The zero-order chi connectivity index (χ0) is 18.2. The normalized spacial score (nSPS) is 29.8. The van der Waals surface area contributed by atoms with Crippen LogP contribution in [0.2, 0.25) is 0 Å². The lowest BCUT2D eigenvalue weighted by Gasteiger charge is -2.21. The monoisotopic (exact) mass is 409 g/mol. The Morgan fingerprint density at radius 3 is 2.08 bits per heavy atom. The van der Waals surface area contributed by atoms with Gasteiger partial charge in [-0.15, -0.1) is 0 Å². The predicted octanol–water partition coefficient (Wildman–Crippen LogP) is 5.08. The number of carbonyl (C=O) groups is 2. The Hall–Kier alpha value is -1.94. The molecule has 0 unspecified atom stereocenters. The van der Waals surface area contributed by atoms with Gasteiger partial charge in [-0.2, -0.15) is 0 Å². The van der Waals surface area contributed by atoms with Crippen LogP contribution >= 0.6 is 15.9 Å². The molecule has 2 bridgehead atoms. The summed E-state index contributed by atoms with van der Waals surface area (Å²) in [4.78, 5) is 28.2. The van der Waals surface area contributed by atoms with Gasteiger partial charge in [0, 0.05) is 9.86 Å². The van der Waals surface area contributed by atoms with Crippen molar-refractivity contribution in [1.29, 1.82) is 0 Å². The molecular formula is C22H20BrNO2. The number of hydrogen-bond donors (Lipinski definition) is 0. The molecule has 0 spiro atoms. The van der Waals surface area contributed by atoms with Gasteiger partial charge in [0.25, 0.3) is 0 Å². The van der Waals surface area contributed by atoms with E-state index in [0.29, 0.717) is 0 Å². The Bertz CT molecular complexity index is 972. The van der Waals surface area contributed by atoms with Crippen LogP contribution in [-0.2, 0) is 9.59 Å². The standard InChI is InChI=1S/C22H20BrNO2/c1-11(2)18-14-7-8-15(18)20-19(14)21(25)24(22(20)26)17-10-9-16(23)12-5-3-4-6-13(12)17/h3-6,9-10,14-15,19-20H,7-8H2,1-2H3/t14-,15+,19+,20-. The number of allylic oxidation sites excluding steroid dienone is 2. The minimum Gasteiger partial charge on any atom is -0.274 e. The Balaban J connectivity index is 1.65. The third-order valence-corrected chi connectivity index (χ3v) is 7.21. The maximum absolute atomic E-state index is 13.4. The Kier molecular flexibility index (Phi) is 3.45. The highest BCUT2D eigenvalue weighted by atomic mass is 79.9. The number of fused-ring (bicyclic) bond motifs is 6. The summed E-state index contributed by atoms with van der Waals surface area (Å²) in [6, 6.07) is 11.8. The van der Waals surface area contributed by atoms with Crippen LogP contribution in [0.15, 0.2) is 52.0 Å². The SMILES string of the molecule is CC(C)=C1[C@H]2CC[C@@H]1[C@H]1C(=O)N(c3ccc(Br)c4ccccc34)C(=O)[C@H]12. The fourth-order valence-electron chi connectivity index (χ4n) is 5.67. The fraction of sp³-hybridized carbons (Fsp3) is 0.364. The van der Waals surface area contributed by atoms with Crippen LogP contribution in [0.25, 0.3) is 10.8 Å². The van der Waals surface area contributed by atoms with E-state index in [0.717, 1.165) is 33.8 Å². The summed E-state index contributed by atoms with van der Waals surface area (Å²) < 4.78 is 0.975. The number of carbonyl (C=O) groups excluding carboxylic acids is 2. The molecule has 3 aliphatic rings. The van der Waals surface area contributed by atoms with Crippen LogP contribution in [0.4, 0.5) is 5.69 Å². The molecule has 5 rings (SSSR count). The van der Waals surface area contributed by atoms with Gasteiger partial charge in [0.1, 0.15) is 0 Å². The zero-order valence-electron chi connectivity index (χ0n) is 14.8. The summed E-state index contributed by atoms with van der Waals surface area (Å²) in [6.07, 6.45) is 2.08. The summed E-state index contributed by atoms with van der Waals surface area (Å²) >= 11 is 3.58. The van der Waals surface area contributed by atoms with E-state index in [-0.39, 0.29) is 35.5 Å². The van der Waals surface area contributed by atoms with Crippen molar-refractivity contribution in [2.75, 3.05) is 4.90 Å². The number of imide groups is 1. The van der Waals surface area contributed by atoms with E-state index in [9.17, 15) is 9.59 Å². The zero-order valence-corrected chi connectivity index (χ0v) is 16.4.